The molecule has 210 valence electrons. The summed E-state index contributed by atoms with van der Waals surface area (Å²) in [4.78, 5) is 39.3. The van der Waals surface area contributed by atoms with Gasteiger partial charge in [-0.15, -0.1) is 23.2 Å². The van der Waals surface area contributed by atoms with Crippen LogP contribution in [-0.4, -0.2) is 29.2 Å². The van der Waals surface area contributed by atoms with Gasteiger partial charge in [-0.05, 0) is 70.8 Å². The third-order valence-electron chi connectivity index (χ3n) is 8.43. The van der Waals surface area contributed by atoms with E-state index >= 15 is 0 Å². The van der Waals surface area contributed by atoms with Gasteiger partial charge in [0.2, 0.25) is 17.7 Å². The molecule has 0 saturated carbocycles. The second-order valence-corrected chi connectivity index (χ2v) is 12.3. The van der Waals surface area contributed by atoms with Gasteiger partial charge in [-0.3, -0.25) is 19.3 Å². The molecule has 8 rings (SSSR count). The molecule has 9 heteroatoms. The van der Waals surface area contributed by atoms with E-state index in [1.165, 1.54) is 0 Å². The number of carbonyl (C=O) groups excluding carboxylic acids is 3. The lowest BCUT2D eigenvalue weighted by molar-refractivity contribution is -0.140. The van der Waals surface area contributed by atoms with Crippen molar-refractivity contribution in [3.63, 3.8) is 0 Å². The number of alkyl halides is 2. The fourth-order valence-corrected chi connectivity index (χ4v) is 7.85. The lowest BCUT2D eigenvalue weighted by atomic mass is 9.54. The van der Waals surface area contributed by atoms with Crippen LogP contribution in [0.2, 0.25) is 5.02 Å². The van der Waals surface area contributed by atoms with Gasteiger partial charge in [0.05, 0.1) is 11.8 Å². The van der Waals surface area contributed by atoms with E-state index < -0.39 is 33.4 Å². The molecule has 1 aliphatic heterocycles. The van der Waals surface area contributed by atoms with E-state index in [1.807, 2.05) is 48.5 Å². The van der Waals surface area contributed by atoms with Gasteiger partial charge in [0.1, 0.15) is 21.2 Å². The van der Waals surface area contributed by atoms with Crippen LogP contribution in [0, 0.1) is 11.8 Å². The van der Waals surface area contributed by atoms with E-state index in [-0.39, 0.29) is 18.9 Å². The predicted molar refractivity (Wildman–Crippen MR) is 161 cm³/mol. The molecule has 3 aliphatic carbocycles. The maximum atomic E-state index is 13.9. The van der Waals surface area contributed by atoms with Crippen molar-refractivity contribution in [3.8, 4) is 11.5 Å². The quantitative estimate of drug-likeness (QED) is 0.186. The van der Waals surface area contributed by atoms with Crippen molar-refractivity contribution in [1.29, 1.82) is 0 Å². The first kappa shape index (κ1) is 27.0. The number of halogens is 3. The Morgan fingerprint density at radius 3 is 1.60 bits per heavy atom. The van der Waals surface area contributed by atoms with Crippen LogP contribution in [-0.2, 0) is 24.1 Å². The number of nitrogens with one attached hydrogen (secondary N) is 1. The zero-order chi connectivity index (χ0) is 29.2. The number of carbonyl (C=O) groups is 3. The van der Waals surface area contributed by atoms with Crippen LogP contribution in [0.4, 0.5) is 5.69 Å². The Labute approximate surface area is 257 Å². The summed E-state index contributed by atoms with van der Waals surface area (Å²) in [5.74, 6) is -1.71. The Balaban J connectivity index is 1.08. The topological polar surface area (TPSA) is 75.7 Å². The van der Waals surface area contributed by atoms with Crippen molar-refractivity contribution in [2.75, 3.05) is 11.9 Å². The molecule has 42 heavy (non-hydrogen) atoms. The first-order valence-corrected chi connectivity index (χ1v) is 14.6. The highest BCUT2D eigenvalue weighted by Gasteiger charge is 2.72. The van der Waals surface area contributed by atoms with Crippen molar-refractivity contribution in [2.45, 2.75) is 16.2 Å². The minimum Gasteiger partial charge on any atom is -0.457 e. The molecule has 1 fully saturated rings. The number of hydrogen-bond donors (Lipinski definition) is 1. The van der Waals surface area contributed by atoms with E-state index in [0.717, 1.165) is 27.2 Å². The number of rotatable bonds is 6. The number of likely N-dealkylation sites (tertiary alicyclic amines) is 1. The Morgan fingerprint density at radius 2 is 1.14 bits per heavy atom. The van der Waals surface area contributed by atoms with Gasteiger partial charge in [-0.1, -0.05) is 60.1 Å². The first-order valence-electron chi connectivity index (χ1n) is 13.5. The summed E-state index contributed by atoms with van der Waals surface area (Å²) in [6, 6.07) is 28.8. The van der Waals surface area contributed by atoms with Crippen LogP contribution < -0.4 is 10.1 Å². The molecule has 0 unspecified atom stereocenters. The second kappa shape index (κ2) is 9.87. The van der Waals surface area contributed by atoms with Crippen LogP contribution in [0.5, 0.6) is 11.5 Å². The van der Waals surface area contributed by atoms with Crippen LogP contribution >= 0.6 is 34.8 Å². The van der Waals surface area contributed by atoms with Gasteiger partial charge in [-0.25, -0.2) is 0 Å². The van der Waals surface area contributed by atoms with Gasteiger partial charge in [0, 0.05) is 23.7 Å². The molecule has 4 aliphatic rings. The molecule has 4 aromatic rings. The largest absolute Gasteiger partial charge is 0.457 e. The van der Waals surface area contributed by atoms with Crippen LogP contribution in [0.1, 0.15) is 28.7 Å². The average Bonchev–Trinajstić information content (AvgIpc) is 3.27. The van der Waals surface area contributed by atoms with Crippen LogP contribution in [0.15, 0.2) is 97.1 Å². The first-order chi connectivity index (χ1) is 20.2. The van der Waals surface area contributed by atoms with Crippen molar-refractivity contribution >= 4 is 58.2 Å². The molecule has 3 amide bonds. The summed E-state index contributed by atoms with van der Waals surface area (Å²) in [5.41, 5.74) is 3.52. The van der Waals surface area contributed by atoms with Gasteiger partial charge in [0.25, 0.3) is 0 Å². The zero-order valence-corrected chi connectivity index (χ0v) is 24.3. The molecule has 0 aromatic heterocycles. The molecule has 2 atom stereocenters. The predicted octanol–water partition coefficient (Wildman–Crippen LogP) is 7.05. The molecule has 1 saturated heterocycles. The van der Waals surface area contributed by atoms with Crippen LogP contribution in [0.25, 0.3) is 0 Å². The molecular weight excluding hydrogens is 595 g/mol. The molecule has 6 nitrogen and oxygen atoms in total. The van der Waals surface area contributed by atoms with E-state index in [1.54, 1.807) is 48.5 Å². The van der Waals surface area contributed by atoms with Crippen molar-refractivity contribution in [2.24, 2.45) is 11.8 Å². The van der Waals surface area contributed by atoms with Gasteiger partial charge >= 0.3 is 0 Å². The highest BCUT2D eigenvalue weighted by atomic mass is 35.5. The lowest BCUT2D eigenvalue weighted by Crippen LogP contribution is -2.57. The van der Waals surface area contributed by atoms with E-state index in [9.17, 15) is 14.4 Å². The van der Waals surface area contributed by atoms with Gasteiger partial charge < -0.3 is 10.1 Å². The van der Waals surface area contributed by atoms with E-state index in [2.05, 4.69) is 5.32 Å². The maximum Gasteiger partial charge on any atom is 0.235 e. The number of benzene rings is 4. The minimum absolute atomic E-state index is 0.0790. The van der Waals surface area contributed by atoms with E-state index in [4.69, 9.17) is 39.5 Å². The number of nitrogens with zero attached hydrogens (tertiary/aromatic N) is 1. The fraction of sp³-hybridized carbons (Fsp3) is 0.182. The smallest absolute Gasteiger partial charge is 0.235 e. The molecule has 0 spiro atoms. The SMILES string of the molecule is O=C(CCN1C(=O)[C@@H]2[C@H](C1=O)C1(Cl)c3ccccc3C2(Cl)c2ccccc21)Nc1ccc(Oc2ccc(Cl)cc2)cc1. The zero-order valence-electron chi connectivity index (χ0n) is 22.0. The summed E-state index contributed by atoms with van der Waals surface area (Å²) in [6.45, 7) is -0.0825. The normalized spacial score (nSPS) is 25.1. The monoisotopic (exact) mass is 616 g/mol. The molecule has 0 radical (unpaired) electrons. The number of imide groups is 1. The third kappa shape index (κ3) is 3.89. The fourth-order valence-electron chi connectivity index (χ4n) is 6.63. The number of amides is 3. The molecule has 1 N–H and O–H groups in total. The number of hydrogen-bond acceptors (Lipinski definition) is 4. The highest BCUT2D eigenvalue weighted by Crippen LogP contribution is 2.69. The Morgan fingerprint density at radius 1 is 0.714 bits per heavy atom. The van der Waals surface area contributed by atoms with E-state index in [0.29, 0.717) is 22.2 Å². The summed E-state index contributed by atoms with van der Waals surface area (Å²) < 4.78 is 5.79. The Bertz CT molecular complexity index is 1630. The lowest BCUT2D eigenvalue weighted by Gasteiger charge is -2.54. The molecule has 1 heterocycles. The number of anilines is 1. The standard InChI is InChI=1S/C33H23Cl3N2O4/c34-19-9-13-21(14-10-19)42-22-15-11-20(12-16-22)37-27(39)17-18-38-30(40)28-29(31(38)41)33(36)24-6-2-1-5-23(24)32(28,35)25-7-3-4-8-26(25)33/h1-16,28-29H,17-18H2,(H,37,39)/t28-,29+,32?,33?. The average molecular weight is 618 g/mol. The Kier molecular flexibility index (Phi) is 6.35. The van der Waals surface area contributed by atoms with Crippen molar-refractivity contribution in [3.05, 3.63) is 124 Å². The number of ether oxygens (including phenoxy) is 1. The molecular formula is C33H23Cl3N2O4. The second-order valence-electron chi connectivity index (χ2n) is 10.7. The minimum atomic E-state index is -1.24. The summed E-state index contributed by atoms with van der Waals surface area (Å²) in [5, 5.41) is 3.43. The summed E-state index contributed by atoms with van der Waals surface area (Å²) in [7, 11) is 0. The summed E-state index contributed by atoms with van der Waals surface area (Å²) in [6.07, 6.45) is -0.0790. The van der Waals surface area contributed by atoms with Crippen molar-refractivity contribution < 1.29 is 19.1 Å². The van der Waals surface area contributed by atoms with Gasteiger partial charge in [-0.2, -0.15) is 0 Å². The molecule has 2 bridgehead atoms. The van der Waals surface area contributed by atoms with Crippen molar-refractivity contribution in [1.82, 2.24) is 4.90 Å². The third-order valence-corrected chi connectivity index (χ3v) is 9.96. The Hall–Kier alpha value is -3.84. The maximum absolute atomic E-state index is 13.9. The van der Waals surface area contributed by atoms with Crippen LogP contribution in [0.3, 0.4) is 0 Å². The summed E-state index contributed by atoms with van der Waals surface area (Å²) >= 11 is 20.8. The molecule has 4 aromatic carbocycles. The highest BCUT2D eigenvalue weighted by molar-refractivity contribution is 6.36. The van der Waals surface area contributed by atoms with Gasteiger partial charge in [0.15, 0.2) is 0 Å².